The highest BCUT2D eigenvalue weighted by Crippen LogP contribution is 2.24. The van der Waals surface area contributed by atoms with Crippen LogP contribution < -0.4 is 4.74 Å². The molecule has 0 amide bonds. The monoisotopic (exact) mass is 464 g/mol. The maximum atomic E-state index is 11.8. The van der Waals surface area contributed by atoms with Crippen LogP contribution in [0.1, 0.15) is 119 Å². The quantitative estimate of drug-likeness (QED) is 0.132. The van der Waals surface area contributed by atoms with Crippen molar-refractivity contribution in [2.75, 3.05) is 27.1 Å². The van der Waals surface area contributed by atoms with E-state index in [1.165, 1.54) is 83.5 Å². The van der Waals surface area contributed by atoms with Crippen LogP contribution in [0.5, 0.6) is 5.75 Å². The van der Waals surface area contributed by atoms with Gasteiger partial charge in [0.25, 0.3) is 0 Å². The highest BCUT2D eigenvalue weighted by molar-refractivity contribution is 5.92. The fourth-order valence-electron chi connectivity index (χ4n) is 4.14. The van der Waals surface area contributed by atoms with Crippen LogP contribution in [-0.2, 0) is 15.9 Å². The lowest BCUT2D eigenvalue weighted by atomic mass is 9.99. The van der Waals surface area contributed by atoms with Gasteiger partial charge >= 0.3 is 5.97 Å². The summed E-state index contributed by atoms with van der Waals surface area (Å²) < 4.78 is 15.8. The predicted molar refractivity (Wildman–Crippen MR) is 135 cm³/mol. The molecule has 0 unspecified atom stereocenters. The molecule has 0 aromatic heterocycles. The number of carboxylic acids is 1. The fourth-order valence-corrected chi connectivity index (χ4v) is 4.14. The lowest BCUT2D eigenvalue weighted by Gasteiger charge is -2.13. The molecule has 1 rings (SSSR count). The van der Waals surface area contributed by atoms with Crippen molar-refractivity contribution in [1.29, 1.82) is 0 Å². The number of methoxy groups -OCH3 is 1. The van der Waals surface area contributed by atoms with E-state index in [-0.39, 0.29) is 12.4 Å². The molecule has 0 atom stereocenters. The predicted octanol–water partition coefficient (Wildman–Crippen LogP) is 7.80. The third-order valence-corrected chi connectivity index (χ3v) is 6.11. The second-order valence-electron chi connectivity index (χ2n) is 8.96. The maximum Gasteiger partial charge on any atom is 0.339 e. The number of aromatic carboxylic acids is 1. The number of benzene rings is 1. The van der Waals surface area contributed by atoms with Crippen LogP contribution in [0.4, 0.5) is 0 Å². The molecule has 0 radical (unpaired) electrons. The summed E-state index contributed by atoms with van der Waals surface area (Å²) in [6.45, 7) is 3.19. The SMILES string of the molecule is CCCCCCCCCCCCCCCCCc1cccc(OCOCCOC)c1C(=O)O. The Morgan fingerprint density at radius 3 is 1.85 bits per heavy atom. The van der Waals surface area contributed by atoms with Crippen LogP contribution >= 0.6 is 0 Å². The van der Waals surface area contributed by atoms with Gasteiger partial charge < -0.3 is 19.3 Å². The molecule has 0 heterocycles. The molecule has 0 spiro atoms. The van der Waals surface area contributed by atoms with Gasteiger partial charge in [0.15, 0.2) is 6.79 Å². The second-order valence-corrected chi connectivity index (χ2v) is 8.96. The van der Waals surface area contributed by atoms with E-state index in [2.05, 4.69) is 6.92 Å². The Bertz CT molecular complexity index is 602. The Morgan fingerprint density at radius 1 is 0.788 bits per heavy atom. The summed E-state index contributed by atoms with van der Waals surface area (Å²) in [5, 5.41) is 9.67. The third kappa shape index (κ3) is 15.0. The van der Waals surface area contributed by atoms with Crippen LogP contribution in [-0.4, -0.2) is 38.2 Å². The number of unbranched alkanes of at least 4 members (excludes halogenated alkanes) is 14. The number of hydrogen-bond acceptors (Lipinski definition) is 4. The molecular formula is C28H48O5. The Balaban J connectivity index is 2.13. The Morgan fingerprint density at radius 2 is 1.33 bits per heavy atom. The first-order valence-corrected chi connectivity index (χ1v) is 13.2. The standard InChI is InChI=1S/C28H48O5/c1-3-4-5-6-7-8-9-10-11-12-13-14-15-16-17-19-25-20-18-21-26(27(25)28(29)30)33-24-32-23-22-31-2/h18,20-21H,3-17,19,22-24H2,1-2H3,(H,29,30). The third-order valence-electron chi connectivity index (χ3n) is 6.11. The summed E-state index contributed by atoms with van der Waals surface area (Å²) in [6, 6.07) is 5.45. The van der Waals surface area contributed by atoms with E-state index in [0.717, 1.165) is 24.8 Å². The fraction of sp³-hybridized carbons (Fsp3) is 0.750. The van der Waals surface area contributed by atoms with Gasteiger partial charge in [-0.3, -0.25) is 0 Å². The molecule has 0 saturated heterocycles. The molecule has 1 aromatic carbocycles. The molecule has 1 aromatic rings. The zero-order valence-electron chi connectivity index (χ0n) is 21.2. The van der Waals surface area contributed by atoms with Gasteiger partial charge in [-0.2, -0.15) is 0 Å². The number of aryl methyl sites for hydroxylation is 1. The minimum absolute atomic E-state index is 0.0199. The summed E-state index contributed by atoms with van der Waals surface area (Å²) in [4.78, 5) is 11.8. The lowest BCUT2D eigenvalue weighted by Crippen LogP contribution is -2.11. The highest BCUT2D eigenvalue weighted by atomic mass is 16.7. The molecule has 0 aliphatic carbocycles. The zero-order chi connectivity index (χ0) is 24.0. The largest absolute Gasteiger partial charge is 0.478 e. The normalized spacial score (nSPS) is 11.1. The summed E-state index contributed by atoms with van der Waals surface area (Å²) in [5.74, 6) is -0.572. The van der Waals surface area contributed by atoms with Crippen LogP contribution in [0.15, 0.2) is 18.2 Å². The first kappa shape index (κ1) is 29.4. The molecular weight excluding hydrogens is 416 g/mol. The average molecular weight is 465 g/mol. The van der Waals surface area contributed by atoms with Crippen LogP contribution in [0.25, 0.3) is 0 Å². The van der Waals surface area contributed by atoms with Gasteiger partial charge in [-0.1, -0.05) is 109 Å². The molecule has 0 aliphatic heterocycles. The van der Waals surface area contributed by atoms with E-state index in [1.54, 1.807) is 13.2 Å². The van der Waals surface area contributed by atoms with Gasteiger partial charge in [0.1, 0.15) is 11.3 Å². The van der Waals surface area contributed by atoms with E-state index in [9.17, 15) is 9.90 Å². The first-order valence-electron chi connectivity index (χ1n) is 13.2. The molecule has 5 heteroatoms. The number of carboxylic acid groups (broad SMARTS) is 1. The number of rotatable bonds is 23. The van der Waals surface area contributed by atoms with Gasteiger partial charge in [0, 0.05) is 7.11 Å². The van der Waals surface area contributed by atoms with E-state index in [1.807, 2.05) is 12.1 Å². The molecule has 190 valence electrons. The summed E-state index contributed by atoms with van der Waals surface area (Å²) in [5.41, 5.74) is 1.10. The van der Waals surface area contributed by atoms with Crippen molar-refractivity contribution in [2.45, 2.75) is 110 Å². The van der Waals surface area contributed by atoms with Crippen molar-refractivity contribution < 1.29 is 24.1 Å². The molecule has 5 nitrogen and oxygen atoms in total. The molecule has 0 bridgehead atoms. The van der Waals surface area contributed by atoms with E-state index in [4.69, 9.17) is 14.2 Å². The topological polar surface area (TPSA) is 65.0 Å². The molecule has 0 aliphatic rings. The van der Waals surface area contributed by atoms with Crippen molar-refractivity contribution in [3.63, 3.8) is 0 Å². The van der Waals surface area contributed by atoms with E-state index < -0.39 is 5.97 Å². The highest BCUT2D eigenvalue weighted by Gasteiger charge is 2.16. The molecule has 1 N–H and O–H groups in total. The van der Waals surface area contributed by atoms with Gasteiger partial charge in [-0.15, -0.1) is 0 Å². The van der Waals surface area contributed by atoms with Gasteiger partial charge in [-0.25, -0.2) is 4.79 Å². The van der Waals surface area contributed by atoms with E-state index in [0.29, 0.717) is 19.0 Å². The summed E-state index contributed by atoms with van der Waals surface area (Å²) in [7, 11) is 1.61. The molecule has 33 heavy (non-hydrogen) atoms. The van der Waals surface area contributed by atoms with E-state index >= 15 is 0 Å². The van der Waals surface area contributed by atoms with Crippen LogP contribution in [0.2, 0.25) is 0 Å². The van der Waals surface area contributed by atoms with Gasteiger partial charge in [-0.05, 0) is 24.5 Å². The minimum atomic E-state index is -0.946. The minimum Gasteiger partial charge on any atom is -0.478 e. The summed E-state index contributed by atoms with van der Waals surface area (Å²) >= 11 is 0. The van der Waals surface area contributed by atoms with Crippen LogP contribution in [0, 0.1) is 0 Å². The van der Waals surface area contributed by atoms with Gasteiger partial charge in [0.2, 0.25) is 0 Å². The van der Waals surface area contributed by atoms with Gasteiger partial charge in [0.05, 0.1) is 13.2 Å². The lowest BCUT2D eigenvalue weighted by molar-refractivity contribution is -0.00900. The van der Waals surface area contributed by atoms with Crippen LogP contribution in [0.3, 0.4) is 0 Å². The average Bonchev–Trinajstić information content (AvgIpc) is 2.81. The molecule has 0 fully saturated rings. The van der Waals surface area contributed by atoms with Crippen molar-refractivity contribution in [3.05, 3.63) is 29.3 Å². The Labute approximate surface area is 202 Å². The van der Waals surface area contributed by atoms with Crippen molar-refractivity contribution >= 4 is 5.97 Å². The van der Waals surface area contributed by atoms with Crippen molar-refractivity contribution in [1.82, 2.24) is 0 Å². The Hall–Kier alpha value is -1.59. The van der Waals surface area contributed by atoms with Crippen molar-refractivity contribution in [2.24, 2.45) is 0 Å². The second kappa shape index (κ2) is 21.0. The number of ether oxygens (including phenoxy) is 3. The first-order chi connectivity index (χ1) is 16.2. The maximum absolute atomic E-state index is 11.8. The number of hydrogen-bond donors (Lipinski definition) is 1. The van der Waals surface area contributed by atoms with Crippen molar-refractivity contribution in [3.8, 4) is 5.75 Å². The number of carbonyl (C=O) groups is 1. The Kier molecular flexibility index (Phi) is 18.7. The zero-order valence-corrected chi connectivity index (χ0v) is 21.2. The molecule has 0 saturated carbocycles. The smallest absolute Gasteiger partial charge is 0.339 e. The summed E-state index contributed by atoms with van der Waals surface area (Å²) in [6.07, 6.45) is 20.7.